The standard InChI is InChI=1S/C19H28N4O3/c1-4-22(12-17(24)20-14(2)3)13-18(25)21-15-7-5-8-16(11-15)23-10-6-9-19(23)26/h5,7-8,11,14H,4,6,9-10,12-13H2,1-3H3,(H,20,24)(H,21,25). The number of likely N-dealkylation sites (N-methyl/N-ethyl adjacent to an activating group) is 1. The molecule has 0 spiro atoms. The Bertz CT molecular complexity index is 660. The quantitative estimate of drug-likeness (QED) is 0.738. The summed E-state index contributed by atoms with van der Waals surface area (Å²) in [5.41, 5.74) is 1.45. The van der Waals surface area contributed by atoms with Gasteiger partial charge < -0.3 is 15.5 Å². The molecule has 1 heterocycles. The predicted octanol–water partition coefficient (Wildman–Crippen LogP) is 1.60. The summed E-state index contributed by atoms with van der Waals surface area (Å²) in [6.07, 6.45) is 1.43. The van der Waals surface area contributed by atoms with Gasteiger partial charge in [-0.1, -0.05) is 13.0 Å². The Kier molecular flexibility index (Phi) is 7.15. The highest BCUT2D eigenvalue weighted by Gasteiger charge is 2.22. The molecule has 0 atom stereocenters. The summed E-state index contributed by atoms with van der Waals surface area (Å²) in [7, 11) is 0. The van der Waals surface area contributed by atoms with Crippen molar-refractivity contribution in [1.29, 1.82) is 0 Å². The summed E-state index contributed by atoms with van der Waals surface area (Å²) in [4.78, 5) is 39.6. The lowest BCUT2D eigenvalue weighted by Crippen LogP contribution is -2.42. The number of carbonyl (C=O) groups is 3. The first-order valence-electron chi connectivity index (χ1n) is 9.11. The van der Waals surface area contributed by atoms with Crippen molar-refractivity contribution >= 4 is 29.1 Å². The molecular weight excluding hydrogens is 332 g/mol. The van der Waals surface area contributed by atoms with Gasteiger partial charge in [0.25, 0.3) is 0 Å². The van der Waals surface area contributed by atoms with Crippen LogP contribution in [0.3, 0.4) is 0 Å². The smallest absolute Gasteiger partial charge is 0.238 e. The molecular formula is C19H28N4O3. The summed E-state index contributed by atoms with van der Waals surface area (Å²) in [5.74, 6) is -0.167. The lowest BCUT2D eigenvalue weighted by atomic mass is 10.2. The minimum absolute atomic E-state index is 0.0751. The number of nitrogens with zero attached hydrogens (tertiary/aromatic N) is 2. The fourth-order valence-electron chi connectivity index (χ4n) is 2.93. The number of rotatable bonds is 8. The van der Waals surface area contributed by atoms with E-state index in [4.69, 9.17) is 0 Å². The Morgan fingerprint density at radius 2 is 1.96 bits per heavy atom. The van der Waals surface area contributed by atoms with E-state index in [9.17, 15) is 14.4 Å². The van der Waals surface area contributed by atoms with E-state index >= 15 is 0 Å². The summed E-state index contributed by atoms with van der Waals surface area (Å²) < 4.78 is 0. The maximum atomic E-state index is 12.3. The average molecular weight is 360 g/mol. The van der Waals surface area contributed by atoms with Crippen LogP contribution in [0.1, 0.15) is 33.6 Å². The molecule has 1 saturated heterocycles. The fraction of sp³-hybridized carbons (Fsp3) is 0.526. The summed E-state index contributed by atoms with van der Waals surface area (Å²) in [6, 6.07) is 7.37. The van der Waals surface area contributed by atoms with Crippen molar-refractivity contribution in [3.63, 3.8) is 0 Å². The Balaban J connectivity index is 1.92. The van der Waals surface area contributed by atoms with Crippen molar-refractivity contribution in [2.75, 3.05) is 36.4 Å². The van der Waals surface area contributed by atoms with Crippen LogP contribution in [0, 0.1) is 0 Å². The van der Waals surface area contributed by atoms with E-state index in [1.54, 1.807) is 15.9 Å². The number of hydrogen-bond donors (Lipinski definition) is 2. The van der Waals surface area contributed by atoms with Gasteiger partial charge in [0.1, 0.15) is 0 Å². The topological polar surface area (TPSA) is 81.8 Å². The van der Waals surface area contributed by atoms with Gasteiger partial charge in [-0.2, -0.15) is 0 Å². The Morgan fingerprint density at radius 1 is 1.23 bits per heavy atom. The average Bonchev–Trinajstić information content (AvgIpc) is 2.99. The highest BCUT2D eigenvalue weighted by molar-refractivity contribution is 5.97. The van der Waals surface area contributed by atoms with Crippen LogP contribution in [0.2, 0.25) is 0 Å². The van der Waals surface area contributed by atoms with E-state index < -0.39 is 0 Å². The maximum absolute atomic E-state index is 12.3. The molecule has 0 unspecified atom stereocenters. The van der Waals surface area contributed by atoms with Crippen LogP contribution in [-0.4, -0.2) is 54.8 Å². The Hall–Kier alpha value is -2.41. The second kappa shape index (κ2) is 9.33. The van der Waals surface area contributed by atoms with Gasteiger partial charge >= 0.3 is 0 Å². The van der Waals surface area contributed by atoms with Crippen molar-refractivity contribution in [3.8, 4) is 0 Å². The van der Waals surface area contributed by atoms with Crippen molar-refractivity contribution in [2.45, 2.75) is 39.7 Å². The van der Waals surface area contributed by atoms with Crippen LogP contribution in [0.5, 0.6) is 0 Å². The number of benzene rings is 1. The van der Waals surface area contributed by atoms with Crippen molar-refractivity contribution < 1.29 is 14.4 Å². The van der Waals surface area contributed by atoms with Crippen LogP contribution in [0.4, 0.5) is 11.4 Å². The molecule has 2 rings (SSSR count). The van der Waals surface area contributed by atoms with Crippen molar-refractivity contribution in [2.24, 2.45) is 0 Å². The molecule has 1 aromatic carbocycles. The van der Waals surface area contributed by atoms with E-state index in [0.717, 1.165) is 12.1 Å². The third-order valence-electron chi connectivity index (χ3n) is 4.15. The third-order valence-corrected chi connectivity index (χ3v) is 4.15. The molecule has 7 nitrogen and oxygen atoms in total. The number of carbonyl (C=O) groups excluding carboxylic acids is 3. The number of amides is 3. The van der Waals surface area contributed by atoms with Gasteiger partial charge in [0.15, 0.2) is 0 Å². The van der Waals surface area contributed by atoms with E-state index in [1.165, 1.54) is 0 Å². The molecule has 0 aliphatic carbocycles. The first-order valence-corrected chi connectivity index (χ1v) is 9.11. The van der Waals surface area contributed by atoms with Crippen LogP contribution in [0.15, 0.2) is 24.3 Å². The van der Waals surface area contributed by atoms with Gasteiger partial charge in [0, 0.05) is 30.4 Å². The molecule has 0 aromatic heterocycles. The summed E-state index contributed by atoms with van der Waals surface area (Å²) in [5, 5.41) is 5.67. The van der Waals surface area contributed by atoms with Gasteiger partial charge in [-0.05, 0) is 45.0 Å². The summed E-state index contributed by atoms with van der Waals surface area (Å²) >= 11 is 0. The van der Waals surface area contributed by atoms with Crippen molar-refractivity contribution in [3.05, 3.63) is 24.3 Å². The normalized spacial score (nSPS) is 14.2. The van der Waals surface area contributed by atoms with Gasteiger partial charge in [-0.25, -0.2) is 0 Å². The zero-order valence-electron chi connectivity index (χ0n) is 15.7. The minimum atomic E-state index is -0.186. The molecule has 1 aliphatic rings. The molecule has 1 aliphatic heterocycles. The van der Waals surface area contributed by atoms with E-state index in [0.29, 0.717) is 25.2 Å². The molecule has 1 fully saturated rings. The minimum Gasteiger partial charge on any atom is -0.353 e. The molecule has 0 bridgehead atoms. The summed E-state index contributed by atoms with van der Waals surface area (Å²) in [6.45, 7) is 7.35. The number of nitrogens with one attached hydrogen (secondary N) is 2. The van der Waals surface area contributed by atoms with E-state index in [1.807, 2.05) is 39.0 Å². The van der Waals surface area contributed by atoms with Crippen LogP contribution in [-0.2, 0) is 14.4 Å². The fourth-order valence-corrected chi connectivity index (χ4v) is 2.93. The number of hydrogen-bond acceptors (Lipinski definition) is 4. The molecule has 0 saturated carbocycles. The third kappa shape index (κ3) is 5.84. The van der Waals surface area contributed by atoms with Gasteiger partial charge in [-0.15, -0.1) is 0 Å². The largest absolute Gasteiger partial charge is 0.353 e. The van der Waals surface area contributed by atoms with Crippen LogP contribution >= 0.6 is 0 Å². The predicted molar refractivity (Wildman–Crippen MR) is 102 cm³/mol. The van der Waals surface area contributed by atoms with Crippen LogP contribution in [0.25, 0.3) is 0 Å². The molecule has 0 radical (unpaired) electrons. The maximum Gasteiger partial charge on any atom is 0.238 e. The molecule has 26 heavy (non-hydrogen) atoms. The Labute approximate surface area is 154 Å². The van der Waals surface area contributed by atoms with Gasteiger partial charge in [0.2, 0.25) is 17.7 Å². The second-order valence-electron chi connectivity index (χ2n) is 6.77. The molecule has 142 valence electrons. The first kappa shape index (κ1) is 19.9. The zero-order valence-corrected chi connectivity index (χ0v) is 15.7. The first-order chi connectivity index (χ1) is 12.4. The molecule has 7 heteroatoms. The van der Waals surface area contributed by atoms with Gasteiger partial charge in [-0.3, -0.25) is 19.3 Å². The highest BCUT2D eigenvalue weighted by Crippen LogP contribution is 2.24. The molecule has 3 amide bonds. The lowest BCUT2D eigenvalue weighted by molar-refractivity contribution is -0.123. The molecule has 2 N–H and O–H groups in total. The monoisotopic (exact) mass is 360 g/mol. The van der Waals surface area contributed by atoms with E-state index in [2.05, 4.69) is 10.6 Å². The highest BCUT2D eigenvalue weighted by atomic mass is 16.2. The SMILES string of the molecule is CCN(CC(=O)Nc1cccc(N2CCCC2=O)c1)CC(=O)NC(C)C. The molecule has 1 aromatic rings. The van der Waals surface area contributed by atoms with Crippen molar-refractivity contribution in [1.82, 2.24) is 10.2 Å². The number of anilines is 2. The van der Waals surface area contributed by atoms with Gasteiger partial charge in [0.05, 0.1) is 13.1 Å². The van der Waals surface area contributed by atoms with E-state index in [-0.39, 0.29) is 36.9 Å². The lowest BCUT2D eigenvalue weighted by Gasteiger charge is -2.20. The zero-order chi connectivity index (χ0) is 19.1. The second-order valence-corrected chi connectivity index (χ2v) is 6.77. The van der Waals surface area contributed by atoms with Crippen LogP contribution < -0.4 is 15.5 Å². The Morgan fingerprint density at radius 3 is 2.58 bits per heavy atom.